The standard InChI is InChI=1S/C12H29NO2Si/c1-8-14-16(15-9-2)12(7)13(10(3)4)11(5)6/h10-12,16H,8-9H2,1-7H3. The van der Waals surface area contributed by atoms with E-state index in [4.69, 9.17) is 8.85 Å². The molecule has 0 spiro atoms. The fraction of sp³-hybridized carbons (Fsp3) is 1.00. The second kappa shape index (κ2) is 8.23. The maximum absolute atomic E-state index is 5.80. The van der Waals surface area contributed by atoms with Crippen molar-refractivity contribution in [3.63, 3.8) is 0 Å². The molecule has 0 aromatic heterocycles. The molecule has 0 bridgehead atoms. The Bertz CT molecular complexity index is 162. The average Bonchev–Trinajstić information content (AvgIpc) is 2.16. The van der Waals surface area contributed by atoms with E-state index in [1.807, 2.05) is 13.8 Å². The lowest BCUT2D eigenvalue weighted by Crippen LogP contribution is -2.53. The summed E-state index contributed by atoms with van der Waals surface area (Å²) in [5.74, 6) is 0. The highest BCUT2D eigenvalue weighted by molar-refractivity contribution is 6.46. The highest BCUT2D eigenvalue weighted by Crippen LogP contribution is 2.14. The molecule has 16 heavy (non-hydrogen) atoms. The first-order chi connectivity index (χ1) is 7.45. The summed E-state index contributed by atoms with van der Waals surface area (Å²) in [6.45, 7) is 16.8. The van der Waals surface area contributed by atoms with E-state index < -0.39 is 9.28 Å². The molecule has 0 aromatic carbocycles. The Kier molecular flexibility index (Phi) is 8.28. The van der Waals surface area contributed by atoms with Crippen molar-refractivity contribution in [2.24, 2.45) is 0 Å². The van der Waals surface area contributed by atoms with Crippen LogP contribution in [0, 0.1) is 0 Å². The minimum absolute atomic E-state index is 0.417. The summed E-state index contributed by atoms with van der Waals surface area (Å²) in [4.78, 5) is 2.49. The highest BCUT2D eigenvalue weighted by Gasteiger charge is 2.30. The molecule has 0 aliphatic rings. The van der Waals surface area contributed by atoms with Gasteiger partial charge in [-0.3, -0.25) is 4.90 Å². The minimum Gasteiger partial charge on any atom is -0.396 e. The zero-order valence-corrected chi connectivity index (χ0v) is 13.1. The van der Waals surface area contributed by atoms with Gasteiger partial charge in [-0.25, -0.2) is 0 Å². The van der Waals surface area contributed by atoms with Crippen LogP contribution in [-0.2, 0) is 8.85 Å². The zero-order valence-electron chi connectivity index (χ0n) is 12.0. The normalized spacial score (nSPS) is 14.4. The summed E-state index contributed by atoms with van der Waals surface area (Å²) >= 11 is 0. The molecule has 0 aliphatic carbocycles. The monoisotopic (exact) mass is 247 g/mol. The summed E-state index contributed by atoms with van der Waals surface area (Å²) in [7, 11) is -1.57. The van der Waals surface area contributed by atoms with Gasteiger partial charge in [0.05, 0.1) is 0 Å². The lowest BCUT2D eigenvalue weighted by molar-refractivity contribution is 0.113. The third-order valence-corrected chi connectivity index (χ3v) is 5.17. The molecule has 0 saturated carbocycles. The maximum atomic E-state index is 5.80. The van der Waals surface area contributed by atoms with Crippen LogP contribution in [0.3, 0.4) is 0 Å². The van der Waals surface area contributed by atoms with E-state index in [0.29, 0.717) is 17.7 Å². The molecule has 0 fully saturated rings. The lowest BCUT2D eigenvalue weighted by Gasteiger charge is -2.38. The van der Waals surface area contributed by atoms with Crippen LogP contribution in [0.2, 0.25) is 0 Å². The minimum atomic E-state index is -1.57. The predicted octanol–water partition coefficient (Wildman–Crippen LogP) is 2.33. The summed E-state index contributed by atoms with van der Waals surface area (Å²) < 4.78 is 11.6. The third kappa shape index (κ3) is 4.95. The molecule has 0 amide bonds. The van der Waals surface area contributed by atoms with Crippen LogP contribution in [0.15, 0.2) is 0 Å². The highest BCUT2D eigenvalue weighted by atomic mass is 28.3. The Morgan fingerprint density at radius 2 is 1.25 bits per heavy atom. The SMILES string of the molecule is CCO[SiH](OCC)C(C)N(C(C)C)C(C)C. The Labute approximate surface area is 103 Å². The second-order valence-electron chi connectivity index (χ2n) is 4.65. The summed E-state index contributed by atoms with van der Waals surface area (Å²) in [6.07, 6.45) is 0. The van der Waals surface area contributed by atoms with Crippen molar-refractivity contribution in [2.45, 2.75) is 66.2 Å². The largest absolute Gasteiger partial charge is 0.396 e. The van der Waals surface area contributed by atoms with Gasteiger partial charge in [0.1, 0.15) is 0 Å². The quantitative estimate of drug-likeness (QED) is 0.615. The Hall–Kier alpha value is 0.0969. The molecule has 0 radical (unpaired) electrons. The fourth-order valence-corrected chi connectivity index (χ4v) is 4.61. The van der Waals surface area contributed by atoms with Gasteiger partial charge in [-0.05, 0) is 48.5 Å². The molecule has 1 unspecified atom stereocenters. The van der Waals surface area contributed by atoms with E-state index in [1.165, 1.54) is 0 Å². The van der Waals surface area contributed by atoms with Crippen LogP contribution < -0.4 is 0 Å². The summed E-state index contributed by atoms with van der Waals surface area (Å²) in [5.41, 5.74) is 0.417. The Morgan fingerprint density at radius 3 is 1.50 bits per heavy atom. The van der Waals surface area contributed by atoms with Crippen molar-refractivity contribution in [1.82, 2.24) is 4.90 Å². The van der Waals surface area contributed by atoms with Gasteiger partial charge in [0.2, 0.25) is 0 Å². The first kappa shape index (κ1) is 16.1. The first-order valence-electron chi connectivity index (χ1n) is 6.46. The van der Waals surface area contributed by atoms with Gasteiger partial charge < -0.3 is 8.85 Å². The van der Waals surface area contributed by atoms with Crippen molar-refractivity contribution in [3.8, 4) is 0 Å². The first-order valence-corrected chi connectivity index (χ1v) is 8.07. The van der Waals surface area contributed by atoms with Gasteiger partial charge >= 0.3 is 9.28 Å². The molecule has 0 aromatic rings. The van der Waals surface area contributed by atoms with E-state index in [2.05, 4.69) is 39.5 Å². The summed E-state index contributed by atoms with van der Waals surface area (Å²) in [6, 6.07) is 1.07. The molecule has 1 atom stereocenters. The molecule has 98 valence electrons. The molecular formula is C12H29NO2Si. The average molecular weight is 247 g/mol. The molecule has 0 aliphatic heterocycles. The third-order valence-electron chi connectivity index (χ3n) is 2.72. The van der Waals surface area contributed by atoms with Gasteiger partial charge in [-0.15, -0.1) is 0 Å². The van der Waals surface area contributed by atoms with Gasteiger partial charge in [0.15, 0.2) is 0 Å². The molecule has 4 heteroatoms. The Balaban J connectivity index is 4.58. The number of rotatable bonds is 8. The van der Waals surface area contributed by atoms with E-state index in [1.54, 1.807) is 0 Å². The van der Waals surface area contributed by atoms with E-state index in [-0.39, 0.29) is 0 Å². The fourth-order valence-electron chi connectivity index (χ4n) is 2.33. The van der Waals surface area contributed by atoms with Crippen molar-refractivity contribution in [1.29, 1.82) is 0 Å². The number of hydrogen-bond donors (Lipinski definition) is 0. The van der Waals surface area contributed by atoms with Gasteiger partial charge in [-0.2, -0.15) is 0 Å². The maximum Gasteiger partial charge on any atom is 0.338 e. The van der Waals surface area contributed by atoms with Crippen LogP contribution >= 0.6 is 0 Å². The number of hydrogen-bond acceptors (Lipinski definition) is 3. The zero-order chi connectivity index (χ0) is 12.7. The van der Waals surface area contributed by atoms with Crippen LogP contribution in [0.5, 0.6) is 0 Å². The van der Waals surface area contributed by atoms with Gasteiger partial charge in [-0.1, -0.05) is 0 Å². The lowest BCUT2D eigenvalue weighted by atomic mass is 10.2. The Morgan fingerprint density at radius 1 is 0.875 bits per heavy atom. The van der Waals surface area contributed by atoms with Crippen molar-refractivity contribution < 1.29 is 8.85 Å². The topological polar surface area (TPSA) is 21.7 Å². The smallest absolute Gasteiger partial charge is 0.338 e. The van der Waals surface area contributed by atoms with Crippen LogP contribution in [0.1, 0.15) is 48.5 Å². The van der Waals surface area contributed by atoms with Crippen molar-refractivity contribution in [3.05, 3.63) is 0 Å². The predicted molar refractivity (Wildman–Crippen MR) is 72.0 cm³/mol. The van der Waals surface area contributed by atoms with Crippen molar-refractivity contribution in [2.75, 3.05) is 13.2 Å². The van der Waals surface area contributed by atoms with Crippen molar-refractivity contribution >= 4 is 9.28 Å². The molecule has 0 saturated heterocycles. The molecule has 0 rings (SSSR count). The van der Waals surface area contributed by atoms with Gasteiger partial charge in [0.25, 0.3) is 0 Å². The van der Waals surface area contributed by atoms with E-state index in [9.17, 15) is 0 Å². The molecular weight excluding hydrogens is 218 g/mol. The second-order valence-corrected chi connectivity index (χ2v) is 7.02. The summed E-state index contributed by atoms with van der Waals surface area (Å²) in [5, 5.41) is 0. The van der Waals surface area contributed by atoms with Gasteiger partial charge in [0, 0.05) is 31.0 Å². The number of nitrogens with zero attached hydrogens (tertiary/aromatic N) is 1. The molecule has 0 N–H and O–H groups in total. The van der Waals surface area contributed by atoms with E-state index in [0.717, 1.165) is 13.2 Å². The van der Waals surface area contributed by atoms with Crippen LogP contribution in [0.25, 0.3) is 0 Å². The van der Waals surface area contributed by atoms with Crippen LogP contribution in [0.4, 0.5) is 0 Å². The molecule has 0 heterocycles. The van der Waals surface area contributed by atoms with Crippen LogP contribution in [-0.4, -0.2) is 45.1 Å². The molecule has 3 nitrogen and oxygen atoms in total. The van der Waals surface area contributed by atoms with E-state index >= 15 is 0 Å².